The molecule has 2 aliphatic heterocycles. The second-order valence-corrected chi connectivity index (χ2v) is 8.54. The van der Waals surface area contributed by atoms with Crippen LogP contribution in [0.4, 0.5) is 0 Å². The van der Waals surface area contributed by atoms with Crippen LogP contribution < -0.4 is 15.6 Å². The number of aryl methyl sites for hydroxylation is 2. The third-order valence-corrected chi connectivity index (χ3v) is 6.81. The molecule has 2 fully saturated rings. The van der Waals surface area contributed by atoms with Gasteiger partial charge < -0.3 is 9.64 Å². The summed E-state index contributed by atoms with van der Waals surface area (Å²) in [4.78, 5) is 14.8. The summed E-state index contributed by atoms with van der Waals surface area (Å²) in [6.07, 6.45) is 3.39. The van der Waals surface area contributed by atoms with E-state index in [-0.39, 0.29) is 5.91 Å². The van der Waals surface area contributed by atoms with Crippen LogP contribution in [-0.4, -0.2) is 43.6 Å². The second kappa shape index (κ2) is 9.63. The summed E-state index contributed by atoms with van der Waals surface area (Å²) in [7, 11) is 1.68. The molecule has 5 heteroatoms. The van der Waals surface area contributed by atoms with Gasteiger partial charge in [0.1, 0.15) is 5.75 Å². The lowest BCUT2D eigenvalue weighted by atomic mass is 9.79. The first-order chi connectivity index (χ1) is 14.7. The summed E-state index contributed by atoms with van der Waals surface area (Å²) >= 11 is 0. The van der Waals surface area contributed by atoms with E-state index in [1.54, 1.807) is 7.11 Å². The molecule has 0 bridgehead atoms. The first-order valence-corrected chi connectivity index (χ1v) is 11.1. The largest absolute Gasteiger partial charge is 0.496 e. The smallest absolute Gasteiger partial charge is 0.222 e. The zero-order chi connectivity index (χ0) is 20.9. The molecule has 0 aliphatic carbocycles. The van der Waals surface area contributed by atoms with Crippen LogP contribution in [0.15, 0.2) is 48.5 Å². The van der Waals surface area contributed by atoms with Gasteiger partial charge in [0, 0.05) is 38.0 Å². The summed E-state index contributed by atoms with van der Waals surface area (Å²) < 4.78 is 5.41. The Morgan fingerprint density at radius 2 is 1.83 bits per heavy atom. The van der Waals surface area contributed by atoms with Crippen molar-refractivity contribution in [1.29, 1.82) is 0 Å². The number of para-hydroxylation sites is 1. The monoisotopic (exact) mass is 407 g/mol. The number of piperidine rings is 1. The number of carbonyl (C=O) groups is 1. The topological polar surface area (TPSA) is 53.6 Å². The number of methoxy groups -OCH3 is 1. The van der Waals surface area contributed by atoms with E-state index >= 15 is 0 Å². The maximum atomic E-state index is 12.8. The molecule has 160 valence electrons. The van der Waals surface area contributed by atoms with Gasteiger partial charge in [-0.1, -0.05) is 42.5 Å². The van der Waals surface area contributed by atoms with Gasteiger partial charge in [0.15, 0.2) is 0 Å². The predicted octanol–water partition coefficient (Wildman–Crippen LogP) is 3.44. The van der Waals surface area contributed by atoms with Gasteiger partial charge in [0.05, 0.1) is 7.11 Å². The van der Waals surface area contributed by atoms with Crippen molar-refractivity contribution < 1.29 is 9.53 Å². The highest BCUT2D eigenvalue weighted by Gasteiger charge is 2.37. The van der Waals surface area contributed by atoms with E-state index in [2.05, 4.69) is 46.9 Å². The van der Waals surface area contributed by atoms with Gasteiger partial charge in [-0.2, -0.15) is 0 Å². The predicted molar refractivity (Wildman–Crippen MR) is 119 cm³/mol. The molecule has 2 aliphatic rings. The molecule has 2 N–H and O–H groups in total. The van der Waals surface area contributed by atoms with Gasteiger partial charge in [-0.05, 0) is 54.9 Å². The van der Waals surface area contributed by atoms with E-state index in [0.717, 1.165) is 50.2 Å². The fourth-order valence-corrected chi connectivity index (χ4v) is 5.08. The molecule has 0 spiro atoms. The standard InChI is InChI=1S/C25H33N3O2/c1-18-7-3-5-9-21(18)22-17-26-27-25(22)20-13-15-28(16-14-20)24(29)12-11-19-8-4-6-10-23(19)30-2/h3-10,20,22,25-27H,11-17H2,1-2H3. The van der Waals surface area contributed by atoms with Crippen molar-refractivity contribution in [2.45, 2.75) is 44.6 Å². The van der Waals surface area contributed by atoms with Crippen LogP contribution >= 0.6 is 0 Å². The summed E-state index contributed by atoms with van der Waals surface area (Å²) in [5.41, 5.74) is 10.8. The maximum Gasteiger partial charge on any atom is 0.222 e. The highest BCUT2D eigenvalue weighted by Crippen LogP contribution is 2.33. The molecular formula is C25H33N3O2. The van der Waals surface area contributed by atoms with Crippen LogP contribution in [0.3, 0.4) is 0 Å². The van der Waals surface area contributed by atoms with E-state index in [1.807, 2.05) is 24.3 Å². The van der Waals surface area contributed by atoms with Crippen LogP contribution in [-0.2, 0) is 11.2 Å². The Morgan fingerprint density at radius 1 is 1.10 bits per heavy atom. The minimum atomic E-state index is 0.257. The molecule has 2 unspecified atom stereocenters. The van der Waals surface area contributed by atoms with Crippen molar-refractivity contribution in [2.24, 2.45) is 5.92 Å². The van der Waals surface area contributed by atoms with Crippen molar-refractivity contribution in [3.63, 3.8) is 0 Å². The summed E-state index contributed by atoms with van der Waals surface area (Å²) in [6.45, 7) is 4.88. The molecule has 2 aromatic carbocycles. The molecule has 2 saturated heterocycles. The Bertz CT molecular complexity index is 861. The van der Waals surface area contributed by atoms with Crippen LogP contribution in [0.2, 0.25) is 0 Å². The molecule has 2 heterocycles. The van der Waals surface area contributed by atoms with Crippen molar-refractivity contribution >= 4 is 5.91 Å². The lowest BCUT2D eigenvalue weighted by Crippen LogP contribution is -2.45. The third kappa shape index (κ3) is 4.52. The number of hydrazine groups is 1. The highest BCUT2D eigenvalue weighted by atomic mass is 16.5. The number of amides is 1. The van der Waals surface area contributed by atoms with Gasteiger partial charge in [0.2, 0.25) is 5.91 Å². The van der Waals surface area contributed by atoms with Crippen LogP contribution in [0.1, 0.15) is 41.9 Å². The first kappa shape index (κ1) is 20.9. The molecule has 0 saturated carbocycles. The lowest BCUT2D eigenvalue weighted by molar-refractivity contribution is -0.132. The Morgan fingerprint density at radius 3 is 2.60 bits per heavy atom. The van der Waals surface area contributed by atoms with E-state index < -0.39 is 0 Å². The van der Waals surface area contributed by atoms with Crippen molar-refractivity contribution in [2.75, 3.05) is 26.7 Å². The summed E-state index contributed by atoms with van der Waals surface area (Å²) in [5.74, 6) is 2.20. The third-order valence-electron chi connectivity index (χ3n) is 6.81. The molecule has 5 nitrogen and oxygen atoms in total. The maximum absolute atomic E-state index is 12.8. The van der Waals surface area contributed by atoms with Gasteiger partial charge in [0.25, 0.3) is 0 Å². The minimum absolute atomic E-state index is 0.257. The normalized spacial score (nSPS) is 22.3. The number of hydrogen-bond acceptors (Lipinski definition) is 4. The second-order valence-electron chi connectivity index (χ2n) is 8.54. The SMILES string of the molecule is COc1ccccc1CCC(=O)N1CCC(C2NNCC2c2ccccc2C)CC1. The Kier molecular flexibility index (Phi) is 6.70. The number of ether oxygens (including phenoxy) is 1. The van der Waals surface area contributed by atoms with Crippen LogP contribution in [0.25, 0.3) is 0 Å². The quantitative estimate of drug-likeness (QED) is 0.770. The van der Waals surface area contributed by atoms with E-state index in [9.17, 15) is 4.79 Å². The molecule has 1 amide bonds. The average Bonchev–Trinajstić information content (AvgIpc) is 3.27. The van der Waals surface area contributed by atoms with Crippen molar-refractivity contribution in [3.05, 3.63) is 65.2 Å². The molecule has 0 radical (unpaired) electrons. The zero-order valence-corrected chi connectivity index (χ0v) is 18.1. The van der Waals surface area contributed by atoms with E-state index in [0.29, 0.717) is 24.3 Å². The first-order valence-electron chi connectivity index (χ1n) is 11.1. The molecule has 30 heavy (non-hydrogen) atoms. The van der Waals surface area contributed by atoms with Gasteiger partial charge in [-0.3, -0.25) is 15.6 Å². The number of benzene rings is 2. The molecule has 0 aromatic heterocycles. The highest BCUT2D eigenvalue weighted by molar-refractivity contribution is 5.76. The molecule has 2 atom stereocenters. The van der Waals surface area contributed by atoms with E-state index in [1.165, 1.54) is 11.1 Å². The van der Waals surface area contributed by atoms with Crippen LogP contribution in [0, 0.1) is 12.8 Å². The molecule has 2 aromatic rings. The molecule has 4 rings (SSSR count). The number of nitrogens with zero attached hydrogens (tertiary/aromatic N) is 1. The van der Waals surface area contributed by atoms with Crippen molar-refractivity contribution in [1.82, 2.24) is 15.8 Å². The number of hydrogen-bond donors (Lipinski definition) is 2. The minimum Gasteiger partial charge on any atom is -0.496 e. The fourth-order valence-electron chi connectivity index (χ4n) is 5.08. The van der Waals surface area contributed by atoms with E-state index in [4.69, 9.17) is 4.74 Å². The Labute approximate surface area is 179 Å². The number of likely N-dealkylation sites (tertiary alicyclic amines) is 1. The Hall–Kier alpha value is -2.37. The number of rotatable bonds is 6. The van der Waals surface area contributed by atoms with Gasteiger partial charge in [-0.25, -0.2) is 0 Å². The zero-order valence-electron chi connectivity index (χ0n) is 18.1. The number of carbonyl (C=O) groups excluding carboxylic acids is 1. The fraction of sp³-hybridized carbons (Fsp3) is 0.480. The number of nitrogens with one attached hydrogen (secondary N) is 2. The summed E-state index contributed by atoms with van der Waals surface area (Å²) in [6, 6.07) is 17.1. The Balaban J connectivity index is 1.31. The summed E-state index contributed by atoms with van der Waals surface area (Å²) in [5, 5.41) is 0. The van der Waals surface area contributed by atoms with Crippen LogP contribution in [0.5, 0.6) is 5.75 Å². The average molecular weight is 408 g/mol. The lowest BCUT2D eigenvalue weighted by Gasteiger charge is -2.37. The van der Waals surface area contributed by atoms with Gasteiger partial charge in [-0.15, -0.1) is 0 Å². The molecular weight excluding hydrogens is 374 g/mol. The van der Waals surface area contributed by atoms with Gasteiger partial charge >= 0.3 is 0 Å². The van der Waals surface area contributed by atoms with Crippen molar-refractivity contribution in [3.8, 4) is 5.75 Å².